The van der Waals surface area contributed by atoms with Gasteiger partial charge in [-0.05, 0) is 44.4 Å². The number of aromatic nitrogens is 3. The molecule has 0 bridgehead atoms. The number of aliphatic imine (C=N–C) groups is 1. The predicted octanol–water partition coefficient (Wildman–Crippen LogP) is 2.61. The van der Waals surface area contributed by atoms with Gasteiger partial charge in [0, 0.05) is 51.2 Å². The van der Waals surface area contributed by atoms with Crippen LogP contribution >= 0.6 is 24.0 Å². The van der Waals surface area contributed by atoms with Gasteiger partial charge in [-0.25, -0.2) is 9.67 Å². The monoisotopic (exact) mass is 528 g/mol. The Kier molecular flexibility index (Phi) is 10.5. The van der Waals surface area contributed by atoms with Crippen molar-refractivity contribution in [3.63, 3.8) is 0 Å². The van der Waals surface area contributed by atoms with Crippen LogP contribution in [-0.2, 0) is 16.0 Å². The number of guanidine groups is 1. The van der Waals surface area contributed by atoms with E-state index in [0.717, 1.165) is 74.5 Å². The first kappa shape index (κ1) is 24.5. The summed E-state index contributed by atoms with van der Waals surface area (Å²) in [7, 11) is 1.77. The number of aryl methyl sites for hydroxylation is 2. The fraction of sp³-hybridized carbons (Fsp3) is 0.571. The maximum Gasteiger partial charge on any atom is 0.191 e. The van der Waals surface area contributed by atoms with E-state index < -0.39 is 0 Å². The van der Waals surface area contributed by atoms with Crippen LogP contribution in [0.15, 0.2) is 29.4 Å². The van der Waals surface area contributed by atoms with Gasteiger partial charge in [0.1, 0.15) is 0 Å². The Labute approximate surface area is 195 Å². The summed E-state index contributed by atoms with van der Waals surface area (Å²) in [4.78, 5) is 8.80. The van der Waals surface area contributed by atoms with E-state index in [2.05, 4.69) is 31.8 Å². The molecule has 1 aliphatic rings. The molecule has 30 heavy (non-hydrogen) atoms. The minimum absolute atomic E-state index is 0. The third-order valence-corrected chi connectivity index (χ3v) is 4.85. The lowest BCUT2D eigenvalue weighted by Gasteiger charge is -2.13. The largest absolute Gasteiger partial charge is 0.381 e. The van der Waals surface area contributed by atoms with Gasteiger partial charge in [0.15, 0.2) is 11.8 Å². The van der Waals surface area contributed by atoms with Crippen molar-refractivity contribution in [1.82, 2.24) is 25.4 Å². The number of pyridine rings is 1. The van der Waals surface area contributed by atoms with Crippen LogP contribution in [0.1, 0.15) is 29.8 Å². The summed E-state index contributed by atoms with van der Waals surface area (Å²) in [5, 5.41) is 11.1. The van der Waals surface area contributed by atoms with Crippen molar-refractivity contribution in [1.29, 1.82) is 0 Å². The Hall–Kier alpha value is -1.72. The SMILES string of the molecule is CN=C(NCCCOCC1CCOC1)NCc1ccc(-n2nc(C)cc2C)nc1.I. The average Bonchev–Trinajstić information content (AvgIpc) is 3.36. The molecule has 3 heterocycles. The van der Waals surface area contributed by atoms with Crippen molar-refractivity contribution < 1.29 is 9.47 Å². The molecule has 2 aromatic heterocycles. The lowest BCUT2D eigenvalue weighted by atomic mass is 10.1. The molecule has 1 atom stereocenters. The summed E-state index contributed by atoms with van der Waals surface area (Å²) in [6.07, 6.45) is 3.92. The van der Waals surface area contributed by atoms with E-state index in [9.17, 15) is 0 Å². The van der Waals surface area contributed by atoms with Crippen molar-refractivity contribution in [2.24, 2.45) is 10.9 Å². The first-order chi connectivity index (χ1) is 14.2. The molecule has 3 rings (SSSR count). The lowest BCUT2D eigenvalue weighted by Crippen LogP contribution is -2.37. The third kappa shape index (κ3) is 7.51. The zero-order valence-corrected chi connectivity index (χ0v) is 20.4. The van der Waals surface area contributed by atoms with Gasteiger partial charge in [-0.3, -0.25) is 4.99 Å². The zero-order valence-electron chi connectivity index (χ0n) is 18.1. The normalized spacial score (nSPS) is 16.4. The summed E-state index contributed by atoms with van der Waals surface area (Å²) in [6.45, 7) is 8.74. The summed E-state index contributed by atoms with van der Waals surface area (Å²) in [5.74, 6) is 2.17. The number of ether oxygens (including phenoxy) is 2. The molecule has 0 radical (unpaired) electrons. The number of halogens is 1. The molecule has 0 amide bonds. The second kappa shape index (κ2) is 12.9. The Morgan fingerprint density at radius 1 is 1.33 bits per heavy atom. The first-order valence-corrected chi connectivity index (χ1v) is 10.2. The summed E-state index contributed by atoms with van der Waals surface area (Å²) in [6, 6.07) is 6.08. The van der Waals surface area contributed by atoms with Crippen LogP contribution in [0.3, 0.4) is 0 Å². The van der Waals surface area contributed by atoms with Gasteiger partial charge in [0.2, 0.25) is 0 Å². The molecule has 1 saturated heterocycles. The topological polar surface area (TPSA) is 85.6 Å². The van der Waals surface area contributed by atoms with Gasteiger partial charge in [0.05, 0.1) is 18.9 Å². The third-order valence-electron chi connectivity index (χ3n) is 4.85. The molecule has 0 saturated carbocycles. The summed E-state index contributed by atoms with van der Waals surface area (Å²) in [5.41, 5.74) is 3.15. The maximum atomic E-state index is 5.72. The zero-order chi connectivity index (χ0) is 20.5. The first-order valence-electron chi connectivity index (χ1n) is 10.2. The van der Waals surface area contributed by atoms with E-state index in [1.165, 1.54) is 0 Å². The van der Waals surface area contributed by atoms with Crippen molar-refractivity contribution >= 4 is 29.9 Å². The Balaban J connectivity index is 0.00000320. The van der Waals surface area contributed by atoms with Gasteiger partial charge in [-0.15, -0.1) is 24.0 Å². The second-order valence-electron chi connectivity index (χ2n) is 7.37. The van der Waals surface area contributed by atoms with Crippen molar-refractivity contribution in [2.75, 3.05) is 40.0 Å². The molecule has 0 aliphatic carbocycles. The second-order valence-corrected chi connectivity index (χ2v) is 7.37. The molecule has 1 fully saturated rings. The highest BCUT2D eigenvalue weighted by molar-refractivity contribution is 14.0. The van der Waals surface area contributed by atoms with Crippen molar-refractivity contribution in [3.8, 4) is 5.82 Å². The van der Waals surface area contributed by atoms with Gasteiger partial charge >= 0.3 is 0 Å². The highest BCUT2D eigenvalue weighted by atomic mass is 127. The number of rotatable bonds is 9. The Morgan fingerprint density at radius 3 is 2.83 bits per heavy atom. The number of hydrogen-bond acceptors (Lipinski definition) is 5. The van der Waals surface area contributed by atoms with Crippen LogP contribution in [0.25, 0.3) is 5.82 Å². The molecule has 8 nitrogen and oxygen atoms in total. The smallest absolute Gasteiger partial charge is 0.191 e. The number of nitrogens with zero attached hydrogens (tertiary/aromatic N) is 4. The van der Waals surface area contributed by atoms with Gasteiger partial charge in [-0.2, -0.15) is 5.10 Å². The van der Waals surface area contributed by atoms with Crippen LogP contribution in [0, 0.1) is 19.8 Å². The molecule has 9 heteroatoms. The standard InChI is InChI=1S/C21H32N6O2.HI/c1-16-11-17(2)27(26-16)20-6-5-18(12-24-20)13-25-21(22-3)23-8-4-9-28-14-19-7-10-29-15-19;/h5-6,11-12,19H,4,7-10,13-15H2,1-3H3,(H2,22,23,25);1H. The van der Waals surface area contributed by atoms with Gasteiger partial charge < -0.3 is 20.1 Å². The molecule has 166 valence electrons. The van der Waals surface area contributed by atoms with Crippen LogP contribution < -0.4 is 10.6 Å². The molecule has 2 aromatic rings. The molecule has 2 N–H and O–H groups in total. The van der Waals surface area contributed by atoms with Crippen LogP contribution in [0.2, 0.25) is 0 Å². The van der Waals surface area contributed by atoms with E-state index in [0.29, 0.717) is 12.5 Å². The molecule has 0 aromatic carbocycles. The molecular weight excluding hydrogens is 495 g/mol. The fourth-order valence-electron chi connectivity index (χ4n) is 3.26. The van der Waals surface area contributed by atoms with Crippen LogP contribution in [0.5, 0.6) is 0 Å². The van der Waals surface area contributed by atoms with Gasteiger partial charge in [0.25, 0.3) is 0 Å². The Bertz CT molecular complexity index is 787. The van der Waals surface area contributed by atoms with E-state index in [-0.39, 0.29) is 24.0 Å². The quantitative estimate of drug-likeness (QED) is 0.225. The van der Waals surface area contributed by atoms with Crippen molar-refractivity contribution in [3.05, 3.63) is 41.3 Å². The molecule has 1 unspecified atom stereocenters. The van der Waals surface area contributed by atoms with Gasteiger partial charge in [-0.1, -0.05) is 6.07 Å². The van der Waals surface area contributed by atoms with Crippen LogP contribution in [-0.4, -0.2) is 60.7 Å². The minimum atomic E-state index is 0. The molecular formula is C21H33IN6O2. The van der Waals surface area contributed by atoms with E-state index in [4.69, 9.17) is 9.47 Å². The highest BCUT2D eigenvalue weighted by Gasteiger charge is 2.15. The van der Waals surface area contributed by atoms with E-state index in [1.807, 2.05) is 36.9 Å². The number of nitrogens with one attached hydrogen (secondary N) is 2. The Morgan fingerprint density at radius 2 is 2.20 bits per heavy atom. The van der Waals surface area contributed by atoms with E-state index in [1.54, 1.807) is 7.05 Å². The van der Waals surface area contributed by atoms with Crippen molar-refractivity contribution in [2.45, 2.75) is 33.2 Å². The molecule has 0 spiro atoms. The van der Waals surface area contributed by atoms with Crippen LogP contribution in [0.4, 0.5) is 0 Å². The van der Waals surface area contributed by atoms with E-state index >= 15 is 0 Å². The molecule has 1 aliphatic heterocycles. The summed E-state index contributed by atoms with van der Waals surface area (Å²) < 4.78 is 12.9. The average molecular weight is 528 g/mol. The number of hydrogen-bond donors (Lipinski definition) is 2. The summed E-state index contributed by atoms with van der Waals surface area (Å²) >= 11 is 0. The highest BCUT2D eigenvalue weighted by Crippen LogP contribution is 2.12. The minimum Gasteiger partial charge on any atom is -0.381 e. The lowest BCUT2D eigenvalue weighted by molar-refractivity contribution is 0.0888. The fourth-order valence-corrected chi connectivity index (χ4v) is 3.26. The maximum absolute atomic E-state index is 5.72. The predicted molar refractivity (Wildman–Crippen MR) is 129 cm³/mol.